The van der Waals surface area contributed by atoms with Crippen molar-refractivity contribution >= 4 is 35.2 Å². The highest BCUT2D eigenvalue weighted by atomic mass is 32.2. The van der Waals surface area contributed by atoms with Crippen LogP contribution in [-0.2, 0) is 9.59 Å². The summed E-state index contributed by atoms with van der Waals surface area (Å²) in [4.78, 5) is 37.7. The van der Waals surface area contributed by atoms with E-state index < -0.39 is 11.2 Å². The number of hydrogen-bond donors (Lipinski definition) is 0. The first-order valence-electron chi connectivity index (χ1n) is 7.49. The summed E-state index contributed by atoms with van der Waals surface area (Å²) in [5.74, 6) is -1.38. The van der Waals surface area contributed by atoms with E-state index in [1.807, 2.05) is 0 Å². The minimum Gasteiger partial charge on any atom is -0.545 e. The van der Waals surface area contributed by atoms with Crippen LogP contribution < -0.4 is 14.7 Å². The van der Waals surface area contributed by atoms with E-state index in [2.05, 4.69) is 0 Å². The predicted molar refractivity (Wildman–Crippen MR) is 90.5 cm³/mol. The molecule has 2 aromatic carbocycles. The van der Waals surface area contributed by atoms with E-state index in [1.54, 1.807) is 42.5 Å². The number of carbonyl (C=O) groups excluding carboxylic acids is 3. The molecule has 0 aromatic heterocycles. The first kappa shape index (κ1) is 17.0. The Bertz CT molecular complexity index is 834. The number of methoxy groups -OCH3 is 1. The largest absolute Gasteiger partial charge is 0.545 e. The molecular formula is C18H14NO5S-. The van der Waals surface area contributed by atoms with Crippen molar-refractivity contribution in [1.82, 2.24) is 0 Å². The summed E-state index contributed by atoms with van der Waals surface area (Å²) >= 11 is 1.07. The number of imide groups is 1. The third-order valence-corrected chi connectivity index (χ3v) is 5.07. The van der Waals surface area contributed by atoms with Crippen LogP contribution in [-0.4, -0.2) is 30.1 Å². The van der Waals surface area contributed by atoms with Gasteiger partial charge in [-0.05, 0) is 30.3 Å². The van der Waals surface area contributed by atoms with E-state index in [0.717, 1.165) is 16.7 Å². The van der Waals surface area contributed by atoms with Crippen LogP contribution in [0.5, 0.6) is 5.75 Å². The van der Waals surface area contributed by atoms with Crippen LogP contribution in [0.3, 0.4) is 0 Å². The third-order valence-electron chi connectivity index (χ3n) is 3.81. The van der Waals surface area contributed by atoms with E-state index >= 15 is 0 Å². The zero-order chi connectivity index (χ0) is 18.0. The lowest BCUT2D eigenvalue weighted by Crippen LogP contribution is -2.31. The Morgan fingerprint density at radius 3 is 2.48 bits per heavy atom. The third kappa shape index (κ3) is 3.36. The summed E-state index contributed by atoms with van der Waals surface area (Å²) in [5.41, 5.74) is 0.475. The molecule has 1 aliphatic rings. The number of aromatic carboxylic acids is 1. The van der Waals surface area contributed by atoms with Gasteiger partial charge in [-0.15, -0.1) is 11.8 Å². The highest BCUT2D eigenvalue weighted by molar-refractivity contribution is 8.00. The number of amides is 2. The van der Waals surface area contributed by atoms with E-state index in [4.69, 9.17) is 4.74 Å². The second kappa shape index (κ2) is 6.98. The van der Waals surface area contributed by atoms with Gasteiger partial charge in [0.25, 0.3) is 0 Å². The number of benzene rings is 2. The number of carboxylic acids is 1. The maximum atomic E-state index is 12.6. The van der Waals surface area contributed by atoms with E-state index in [0.29, 0.717) is 16.3 Å². The Morgan fingerprint density at radius 1 is 1.16 bits per heavy atom. The van der Waals surface area contributed by atoms with Crippen molar-refractivity contribution in [2.45, 2.75) is 16.6 Å². The standard InChI is InChI=1S/C18H15NO5S/c1-24-12-8-6-11(7-9-12)19-16(20)10-15(17(19)21)25-14-5-3-2-4-13(14)18(22)23/h2-9,15H,10H2,1H3,(H,22,23)/p-1/t15-/m0/s1. The van der Waals surface area contributed by atoms with Gasteiger partial charge in [0.2, 0.25) is 11.8 Å². The fourth-order valence-corrected chi connectivity index (χ4v) is 3.76. The molecule has 128 valence electrons. The summed E-state index contributed by atoms with van der Waals surface area (Å²) in [6, 6.07) is 12.9. The predicted octanol–water partition coefficient (Wildman–Crippen LogP) is 1.48. The summed E-state index contributed by atoms with van der Waals surface area (Å²) in [6.07, 6.45) is 0.0108. The fourth-order valence-electron chi connectivity index (χ4n) is 2.59. The second-order valence-corrected chi connectivity index (χ2v) is 6.60. The molecule has 0 aliphatic carbocycles. The minimum atomic E-state index is -1.31. The first-order chi connectivity index (χ1) is 12.0. The maximum absolute atomic E-state index is 12.6. The summed E-state index contributed by atoms with van der Waals surface area (Å²) in [7, 11) is 1.53. The van der Waals surface area contributed by atoms with Gasteiger partial charge in [0.1, 0.15) is 5.75 Å². The lowest BCUT2D eigenvalue weighted by Gasteiger charge is -2.16. The summed E-state index contributed by atoms with van der Waals surface area (Å²) in [5, 5.41) is 10.5. The zero-order valence-corrected chi connectivity index (χ0v) is 14.1. The Balaban J connectivity index is 1.83. The van der Waals surface area contributed by atoms with Crippen LogP contribution in [0.4, 0.5) is 5.69 Å². The van der Waals surface area contributed by atoms with Crippen LogP contribution in [0.25, 0.3) is 0 Å². The normalized spacial score (nSPS) is 17.0. The molecule has 0 radical (unpaired) electrons. The molecule has 3 rings (SSSR count). The van der Waals surface area contributed by atoms with Crippen molar-refractivity contribution in [3.8, 4) is 5.75 Å². The number of carbonyl (C=O) groups is 3. The van der Waals surface area contributed by atoms with Crippen molar-refractivity contribution < 1.29 is 24.2 Å². The number of hydrogen-bond acceptors (Lipinski definition) is 6. The van der Waals surface area contributed by atoms with Crippen molar-refractivity contribution in [3.63, 3.8) is 0 Å². The topological polar surface area (TPSA) is 86.7 Å². The molecule has 1 saturated heterocycles. The van der Waals surface area contributed by atoms with Gasteiger partial charge < -0.3 is 14.6 Å². The first-order valence-corrected chi connectivity index (χ1v) is 8.37. The molecule has 1 fully saturated rings. The number of carboxylic acid groups (broad SMARTS) is 1. The molecule has 0 bridgehead atoms. The number of thioether (sulfide) groups is 1. The molecule has 25 heavy (non-hydrogen) atoms. The SMILES string of the molecule is COc1ccc(N2C(=O)C[C@H](Sc3ccccc3C(=O)[O-])C2=O)cc1. The van der Waals surface area contributed by atoms with Crippen LogP contribution in [0, 0.1) is 0 Å². The average molecular weight is 356 g/mol. The molecule has 0 spiro atoms. The monoisotopic (exact) mass is 356 g/mol. The molecule has 1 heterocycles. The lowest BCUT2D eigenvalue weighted by molar-refractivity contribution is -0.255. The Morgan fingerprint density at radius 2 is 1.84 bits per heavy atom. The van der Waals surface area contributed by atoms with E-state index in [-0.39, 0.29) is 23.8 Å². The molecule has 7 heteroatoms. The molecule has 1 aliphatic heterocycles. The van der Waals surface area contributed by atoms with Gasteiger partial charge in [-0.2, -0.15) is 0 Å². The van der Waals surface area contributed by atoms with Crippen molar-refractivity contribution in [1.29, 1.82) is 0 Å². The number of ether oxygens (including phenoxy) is 1. The molecule has 1 atom stereocenters. The fraction of sp³-hybridized carbons (Fsp3) is 0.167. The highest BCUT2D eigenvalue weighted by Gasteiger charge is 2.40. The van der Waals surface area contributed by atoms with Gasteiger partial charge >= 0.3 is 0 Å². The summed E-state index contributed by atoms with van der Waals surface area (Å²) in [6.45, 7) is 0. The highest BCUT2D eigenvalue weighted by Crippen LogP contribution is 2.35. The Labute approximate surface area is 148 Å². The van der Waals surface area contributed by atoms with Gasteiger partial charge in [0.15, 0.2) is 0 Å². The maximum Gasteiger partial charge on any atom is 0.247 e. The average Bonchev–Trinajstić information content (AvgIpc) is 2.89. The molecule has 0 N–H and O–H groups in total. The zero-order valence-electron chi connectivity index (χ0n) is 13.3. The number of nitrogens with zero attached hydrogens (tertiary/aromatic N) is 1. The van der Waals surface area contributed by atoms with Crippen LogP contribution in [0.2, 0.25) is 0 Å². The molecular weight excluding hydrogens is 342 g/mol. The van der Waals surface area contributed by atoms with Gasteiger partial charge in [0, 0.05) is 16.9 Å². The van der Waals surface area contributed by atoms with Gasteiger partial charge in [-0.25, -0.2) is 4.90 Å². The van der Waals surface area contributed by atoms with Gasteiger partial charge in [-0.1, -0.05) is 18.2 Å². The number of anilines is 1. The molecule has 0 saturated carbocycles. The molecule has 6 nitrogen and oxygen atoms in total. The van der Waals surface area contributed by atoms with E-state index in [9.17, 15) is 19.5 Å². The van der Waals surface area contributed by atoms with Crippen LogP contribution in [0.15, 0.2) is 53.4 Å². The smallest absolute Gasteiger partial charge is 0.247 e. The quantitative estimate of drug-likeness (QED) is 0.754. The van der Waals surface area contributed by atoms with Crippen molar-refractivity contribution in [3.05, 3.63) is 54.1 Å². The van der Waals surface area contributed by atoms with Gasteiger partial charge in [0.05, 0.1) is 24.0 Å². The lowest BCUT2D eigenvalue weighted by atomic mass is 10.2. The Kier molecular flexibility index (Phi) is 4.76. The van der Waals surface area contributed by atoms with Crippen LogP contribution in [0.1, 0.15) is 16.8 Å². The molecule has 0 unspecified atom stereocenters. The molecule has 2 amide bonds. The van der Waals surface area contributed by atoms with E-state index in [1.165, 1.54) is 13.2 Å². The molecule has 2 aromatic rings. The number of rotatable bonds is 5. The van der Waals surface area contributed by atoms with Gasteiger partial charge in [-0.3, -0.25) is 9.59 Å². The summed E-state index contributed by atoms with van der Waals surface area (Å²) < 4.78 is 5.07. The Hall–Kier alpha value is -2.80. The van der Waals surface area contributed by atoms with Crippen molar-refractivity contribution in [2.75, 3.05) is 12.0 Å². The van der Waals surface area contributed by atoms with Crippen molar-refractivity contribution in [2.24, 2.45) is 0 Å². The minimum absolute atomic E-state index is 0.00986. The van der Waals surface area contributed by atoms with Crippen LogP contribution >= 0.6 is 11.8 Å². The second-order valence-electron chi connectivity index (χ2n) is 5.36.